The molecule has 7 nitrogen and oxygen atoms in total. The van der Waals surface area contributed by atoms with Crippen molar-refractivity contribution in [2.24, 2.45) is 0 Å². The van der Waals surface area contributed by atoms with Crippen molar-refractivity contribution in [2.45, 2.75) is 11.2 Å². The monoisotopic (exact) mass is 411 g/mol. The van der Waals surface area contributed by atoms with E-state index in [0.717, 1.165) is 11.4 Å². The Labute approximate surface area is 175 Å². The minimum atomic E-state index is -0.0398. The van der Waals surface area contributed by atoms with Gasteiger partial charge in [0.2, 0.25) is 5.91 Å². The molecule has 8 heteroatoms. The Morgan fingerprint density at radius 3 is 2.55 bits per heavy atom. The van der Waals surface area contributed by atoms with E-state index in [-0.39, 0.29) is 17.7 Å². The molecular formula is C21H25N5O2S. The summed E-state index contributed by atoms with van der Waals surface area (Å²) in [5.41, 5.74) is 2.08. The number of methoxy groups -OCH3 is 1. The number of carbonyl (C=O) groups is 1. The summed E-state index contributed by atoms with van der Waals surface area (Å²) in [5, 5.41) is 11.8. The van der Waals surface area contributed by atoms with E-state index in [1.165, 1.54) is 17.3 Å². The molecule has 3 aromatic rings. The lowest BCUT2D eigenvalue weighted by atomic mass is 10.1. The van der Waals surface area contributed by atoms with E-state index in [2.05, 4.69) is 32.5 Å². The fourth-order valence-corrected chi connectivity index (χ4v) is 3.67. The number of nitrogens with zero attached hydrogens (tertiary/aromatic N) is 4. The molecule has 29 heavy (non-hydrogen) atoms. The van der Waals surface area contributed by atoms with Crippen molar-refractivity contribution in [2.75, 3.05) is 33.5 Å². The summed E-state index contributed by atoms with van der Waals surface area (Å²) in [7, 11) is 5.65. The summed E-state index contributed by atoms with van der Waals surface area (Å²) in [6, 6.07) is 17.9. The zero-order valence-electron chi connectivity index (χ0n) is 16.8. The smallest absolute Gasteiger partial charge is 0.230 e. The molecule has 0 aliphatic rings. The lowest BCUT2D eigenvalue weighted by Crippen LogP contribution is -2.35. The second-order valence-electron chi connectivity index (χ2n) is 6.66. The predicted molar refractivity (Wildman–Crippen MR) is 115 cm³/mol. The molecule has 1 heterocycles. The van der Waals surface area contributed by atoms with E-state index in [0.29, 0.717) is 11.7 Å². The first-order chi connectivity index (χ1) is 14.1. The number of ether oxygens (including phenoxy) is 1. The largest absolute Gasteiger partial charge is 0.497 e. The number of nitrogens with one attached hydrogen (secondary N) is 1. The van der Waals surface area contributed by atoms with Gasteiger partial charge in [-0.25, -0.2) is 0 Å². The number of likely N-dealkylation sites (N-methyl/N-ethyl adjacent to an activating group) is 1. The third-order valence-electron chi connectivity index (χ3n) is 4.50. The lowest BCUT2D eigenvalue weighted by Gasteiger charge is -2.25. The lowest BCUT2D eigenvalue weighted by molar-refractivity contribution is -0.118. The van der Waals surface area contributed by atoms with Crippen LogP contribution in [-0.2, 0) is 4.79 Å². The standard InChI is InChI=1S/C21H25N5O2S/c1-25(2)19(16-7-5-4-6-8-16)13-22-20(27)14-29-21-24-23-15-26(21)17-9-11-18(28-3)12-10-17/h4-12,15,19H,13-14H2,1-3H3,(H,22,27). The molecule has 0 bridgehead atoms. The summed E-state index contributed by atoms with van der Waals surface area (Å²) < 4.78 is 7.04. The van der Waals surface area contributed by atoms with Gasteiger partial charge in [0.15, 0.2) is 5.16 Å². The average molecular weight is 412 g/mol. The molecule has 0 spiro atoms. The SMILES string of the molecule is COc1ccc(-n2cnnc2SCC(=O)NCC(c2ccccc2)N(C)C)cc1. The first-order valence-electron chi connectivity index (χ1n) is 9.24. The molecule has 0 fully saturated rings. The number of hydrogen-bond acceptors (Lipinski definition) is 6. The molecule has 1 atom stereocenters. The molecular weight excluding hydrogens is 386 g/mol. The Morgan fingerprint density at radius 2 is 1.90 bits per heavy atom. The Balaban J connectivity index is 1.56. The van der Waals surface area contributed by atoms with Gasteiger partial charge < -0.3 is 15.0 Å². The highest BCUT2D eigenvalue weighted by atomic mass is 32.2. The minimum absolute atomic E-state index is 0.0398. The van der Waals surface area contributed by atoms with E-state index in [4.69, 9.17) is 4.74 Å². The van der Waals surface area contributed by atoms with Gasteiger partial charge >= 0.3 is 0 Å². The molecule has 3 rings (SSSR count). The maximum absolute atomic E-state index is 12.4. The van der Waals surface area contributed by atoms with Crippen molar-refractivity contribution in [1.82, 2.24) is 25.0 Å². The van der Waals surface area contributed by atoms with Gasteiger partial charge in [0.25, 0.3) is 0 Å². The van der Waals surface area contributed by atoms with Crippen LogP contribution in [-0.4, -0.2) is 59.1 Å². The van der Waals surface area contributed by atoms with E-state index in [1.54, 1.807) is 13.4 Å². The zero-order valence-corrected chi connectivity index (χ0v) is 17.6. The molecule has 1 aromatic heterocycles. The van der Waals surface area contributed by atoms with Crippen LogP contribution >= 0.6 is 11.8 Å². The molecule has 1 unspecified atom stereocenters. The molecule has 0 saturated carbocycles. The van der Waals surface area contributed by atoms with Crippen molar-refractivity contribution in [3.8, 4) is 11.4 Å². The number of benzene rings is 2. The van der Waals surface area contributed by atoms with Crippen molar-refractivity contribution in [3.63, 3.8) is 0 Å². The van der Waals surface area contributed by atoms with Crippen LogP contribution in [0.2, 0.25) is 0 Å². The van der Waals surface area contributed by atoms with Crippen LogP contribution in [0.25, 0.3) is 5.69 Å². The van der Waals surface area contributed by atoms with Crippen LogP contribution in [0.4, 0.5) is 0 Å². The Kier molecular flexibility index (Phi) is 7.26. The van der Waals surface area contributed by atoms with Crippen LogP contribution in [0.5, 0.6) is 5.75 Å². The molecule has 2 aromatic carbocycles. The summed E-state index contributed by atoms with van der Waals surface area (Å²) in [6.07, 6.45) is 1.64. The molecule has 0 aliphatic heterocycles. The molecule has 152 valence electrons. The quantitative estimate of drug-likeness (QED) is 0.546. The van der Waals surface area contributed by atoms with Crippen molar-refractivity contribution in [1.29, 1.82) is 0 Å². The second kappa shape index (κ2) is 10.1. The van der Waals surface area contributed by atoms with E-state index >= 15 is 0 Å². The fraction of sp³-hybridized carbons (Fsp3) is 0.286. The number of thioether (sulfide) groups is 1. The van der Waals surface area contributed by atoms with Gasteiger partial charge in [-0.1, -0.05) is 42.1 Å². The van der Waals surface area contributed by atoms with Crippen molar-refractivity contribution < 1.29 is 9.53 Å². The van der Waals surface area contributed by atoms with Crippen LogP contribution < -0.4 is 10.1 Å². The minimum Gasteiger partial charge on any atom is -0.497 e. The molecule has 0 saturated heterocycles. The van der Waals surface area contributed by atoms with Crippen LogP contribution in [0.3, 0.4) is 0 Å². The average Bonchev–Trinajstić information content (AvgIpc) is 3.21. The molecule has 0 radical (unpaired) electrons. The number of carbonyl (C=O) groups excluding carboxylic acids is 1. The topological polar surface area (TPSA) is 72.3 Å². The Bertz CT molecular complexity index is 912. The van der Waals surface area contributed by atoms with E-state index in [9.17, 15) is 4.79 Å². The normalized spacial score (nSPS) is 12.0. The first-order valence-corrected chi connectivity index (χ1v) is 10.2. The Morgan fingerprint density at radius 1 is 1.17 bits per heavy atom. The highest BCUT2D eigenvalue weighted by Gasteiger charge is 2.16. The van der Waals surface area contributed by atoms with Crippen molar-refractivity contribution >= 4 is 17.7 Å². The van der Waals surface area contributed by atoms with E-state index < -0.39 is 0 Å². The fourth-order valence-electron chi connectivity index (χ4n) is 2.91. The number of rotatable bonds is 9. The molecule has 1 amide bonds. The second-order valence-corrected chi connectivity index (χ2v) is 7.61. The van der Waals surface area contributed by atoms with Gasteiger partial charge in [0.1, 0.15) is 12.1 Å². The van der Waals surface area contributed by atoms with Gasteiger partial charge in [0.05, 0.1) is 18.9 Å². The van der Waals surface area contributed by atoms with Gasteiger partial charge in [0, 0.05) is 12.2 Å². The summed E-state index contributed by atoms with van der Waals surface area (Å²) >= 11 is 1.35. The van der Waals surface area contributed by atoms with E-state index in [1.807, 2.05) is 61.1 Å². The third kappa shape index (κ3) is 5.58. The maximum Gasteiger partial charge on any atom is 0.230 e. The highest BCUT2D eigenvalue weighted by Crippen LogP contribution is 2.21. The van der Waals surface area contributed by atoms with Crippen molar-refractivity contribution in [3.05, 3.63) is 66.5 Å². The van der Waals surface area contributed by atoms with Gasteiger partial charge in [-0.3, -0.25) is 9.36 Å². The summed E-state index contributed by atoms with van der Waals surface area (Å²) in [5.74, 6) is 1.01. The predicted octanol–water partition coefficient (Wildman–Crippen LogP) is 2.79. The summed E-state index contributed by atoms with van der Waals surface area (Å²) in [6.45, 7) is 0.543. The first kappa shape index (κ1) is 20.9. The van der Waals surface area contributed by atoms with Gasteiger partial charge in [-0.2, -0.15) is 0 Å². The Hall–Kier alpha value is -2.84. The third-order valence-corrected chi connectivity index (χ3v) is 5.44. The summed E-state index contributed by atoms with van der Waals surface area (Å²) in [4.78, 5) is 14.5. The van der Waals surface area contributed by atoms with Crippen LogP contribution in [0, 0.1) is 0 Å². The molecule has 1 N–H and O–H groups in total. The van der Waals surface area contributed by atoms with Crippen LogP contribution in [0.15, 0.2) is 66.1 Å². The maximum atomic E-state index is 12.4. The van der Waals surface area contributed by atoms with Gasteiger partial charge in [-0.15, -0.1) is 10.2 Å². The number of hydrogen-bond donors (Lipinski definition) is 1. The number of aromatic nitrogens is 3. The zero-order chi connectivity index (χ0) is 20.6. The molecule has 0 aliphatic carbocycles. The number of amides is 1. The van der Waals surface area contributed by atoms with Crippen LogP contribution in [0.1, 0.15) is 11.6 Å². The highest BCUT2D eigenvalue weighted by molar-refractivity contribution is 7.99. The van der Waals surface area contributed by atoms with Gasteiger partial charge in [-0.05, 0) is 43.9 Å².